The average Bonchev–Trinajstić information content (AvgIpc) is 3.88. The van der Waals surface area contributed by atoms with Gasteiger partial charge in [-0.3, -0.25) is 14.4 Å². The minimum Gasteiger partial charge on any atom is -0.444 e. The summed E-state index contributed by atoms with van der Waals surface area (Å²) in [6.07, 6.45) is 2.84. The van der Waals surface area contributed by atoms with Crippen LogP contribution in [0.15, 0.2) is 66.7 Å². The lowest BCUT2D eigenvalue weighted by molar-refractivity contribution is -0.130. The van der Waals surface area contributed by atoms with Crippen LogP contribution in [0, 0.1) is 18.8 Å². The summed E-state index contributed by atoms with van der Waals surface area (Å²) in [6.45, 7) is 14.3. The molecule has 16 heteroatoms. The van der Waals surface area contributed by atoms with Gasteiger partial charge in [-0.05, 0) is 157 Å². The van der Waals surface area contributed by atoms with Crippen LogP contribution in [0.3, 0.4) is 0 Å². The second-order valence-electron chi connectivity index (χ2n) is 18.5. The fourth-order valence-electron chi connectivity index (χ4n) is 7.80. The van der Waals surface area contributed by atoms with Gasteiger partial charge in [-0.2, -0.15) is 10.1 Å². The lowest BCUT2D eigenvalue weighted by Gasteiger charge is -2.29. The summed E-state index contributed by atoms with van der Waals surface area (Å²) >= 11 is 5.90. The highest BCUT2D eigenvalue weighted by Crippen LogP contribution is 2.30. The number of nitrogens with one attached hydrogen (secondary N) is 5. The molecular weight excluding hydrogens is 824 g/mol. The molecule has 0 spiro atoms. The van der Waals surface area contributed by atoms with Crippen molar-refractivity contribution in [1.82, 2.24) is 36.0 Å². The topological polar surface area (TPSA) is 197 Å². The molecule has 1 aromatic heterocycles. The van der Waals surface area contributed by atoms with E-state index in [1.165, 1.54) is 0 Å². The molecule has 5 amide bonds. The standard InChI is InChI=1S/C47H59ClN8O7/c1-28-24-34(41(58)51-36-22-23-56(27-36)45(61)63-47(5,6)7)18-21-37(28)31-12-8-29(9-13-31)25-38(42(59)50-35-19-16-32(17-20-35)39-53-43(48)55-54-39)52-40(57)33-14-10-30(11-15-33)26-49-44(60)62-46(2,3)4/h8-9,12-13,16-21,24,30,33,36,38H,10-11,14-15,22-23,25-27H2,1-7H3,(H,49,60)(H,50,59)(H,51,58)(H,52,57)(H,53,54,55)/t30?,33?,36-,38+/m1/s1. The third-order valence-electron chi connectivity index (χ3n) is 11.0. The first-order valence-corrected chi connectivity index (χ1v) is 21.9. The summed E-state index contributed by atoms with van der Waals surface area (Å²) < 4.78 is 10.9. The van der Waals surface area contributed by atoms with Crippen LogP contribution in [-0.2, 0) is 25.5 Å². The third-order valence-corrected chi connectivity index (χ3v) is 11.2. The number of alkyl carbamates (subject to hydrolysis) is 1. The molecule has 0 unspecified atom stereocenters. The van der Waals surface area contributed by atoms with Crippen LogP contribution in [0.25, 0.3) is 22.5 Å². The number of carbonyl (C=O) groups is 5. The molecule has 5 N–H and O–H groups in total. The molecule has 2 atom stereocenters. The van der Waals surface area contributed by atoms with E-state index in [-0.39, 0.29) is 53.4 Å². The molecule has 2 heterocycles. The van der Waals surface area contributed by atoms with Gasteiger partial charge in [0.05, 0.1) is 0 Å². The molecule has 3 aromatic carbocycles. The Bertz CT molecular complexity index is 2260. The Hall–Kier alpha value is -5.96. The number of ether oxygens (including phenoxy) is 2. The largest absolute Gasteiger partial charge is 0.444 e. The van der Waals surface area contributed by atoms with Gasteiger partial charge in [-0.15, -0.1) is 0 Å². The highest BCUT2D eigenvalue weighted by atomic mass is 35.5. The van der Waals surface area contributed by atoms with Crippen molar-refractivity contribution in [1.29, 1.82) is 0 Å². The number of amides is 5. The van der Waals surface area contributed by atoms with Crippen molar-refractivity contribution in [3.8, 4) is 22.5 Å². The van der Waals surface area contributed by atoms with Crippen LogP contribution in [-0.4, -0.2) is 92.9 Å². The molecule has 6 rings (SSSR count). The molecule has 2 fully saturated rings. The third kappa shape index (κ3) is 13.5. The predicted molar refractivity (Wildman–Crippen MR) is 241 cm³/mol. The Morgan fingerprint density at radius 2 is 1.52 bits per heavy atom. The van der Waals surface area contributed by atoms with Crippen molar-refractivity contribution in [2.24, 2.45) is 11.8 Å². The maximum atomic E-state index is 13.9. The zero-order valence-electron chi connectivity index (χ0n) is 37.1. The minimum absolute atomic E-state index is 0.170. The molecule has 1 aliphatic heterocycles. The van der Waals surface area contributed by atoms with Gasteiger partial charge in [0.25, 0.3) is 5.91 Å². The molecule has 0 bridgehead atoms. The van der Waals surface area contributed by atoms with Crippen molar-refractivity contribution in [3.63, 3.8) is 0 Å². The molecule has 1 aliphatic carbocycles. The van der Waals surface area contributed by atoms with Gasteiger partial charge in [-0.25, -0.2) is 14.7 Å². The zero-order chi connectivity index (χ0) is 45.5. The Labute approximate surface area is 373 Å². The van der Waals surface area contributed by atoms with Crippen LogP contribution in [0.5, 0.6) is 0 Å². The van der Waals surface area contributed by atoms with Gasteiger partial charge >= 0.3 is 12.2 Å². The molecule has 15 nitrogen and oxygen atoms in total. The Morgan fingerprint density at radius 1 is 0.857 bits per heavy atom. The number of nitrogens with zero attached hydrogens (tertiary/aromatic N) is 3. The van der Waals surface area contributed by atoms with Gasteiger partial charge in [-0.1, -0.05) is 30.3 Å². The number of rotatable bonds is 12. The second-order valence-corrected chi connectivity index (χ2v) is 18.9. The van der Waals surface area contributed by atoms with Gasteiger partial charge in [0.15, 0.2) is 5.82 Å². The number of aryl methyl sites for hydroxylation is 1. The first-order valence-electron chi connectivity index (χ1n) is 21.5. The highest BCUT2D eigenvalue weighted by Gasteiger charge is 2.32. The Balaban J connectivity index is 1.09. The molecule has 1 saturated heterocycles. The normalized spacial score (nSPS) is 18.2. The van der Waals surface area contributed by atoms with Crippen LogP contribution in [0.1, 0.15) is 95.1 Å². The number of halogens is 1. The van der Waals surface area contributed by atoms with Gasteiger partial charge in [0.1, 0.15) is 17.2 Å². The number of hydrogen-bond donors (Lipinski definition) is 5. The fourth-order valence-corrected chi connectivity index (χ4v) is 7.92. The van der Waals surface area contributed by atoms with E-state index in [9.17, 15) is 24.0 Å². The van der Waals surface area contributed by atoms with E-state index >= 15 is 0 Å². The number of carbonyl (C=O) groups excluding carboxylic acids is 5. The Kier molecular flexibility index (Phi) is 14.8. The number of aromatic amines is 1. The molecule has 1 saturated carbocycles. The van der Waals surface area contributed by atoms with Crippen LogP contribution in [0.2, 0.25) is 5.28 Å². The highest BCUT2D eigenvalue weighted by molar-refractivity contribution is 6.28. The first kappa shape index (κ1) is 46.5. The number of hydrogen-bond acceptors (Lipinski definition) is 9. The summed E-state index contributed by atoms with van der Waals surface area (Å²) in [5.74, 6) is -0.381. The van der Waals surface area contributed by atoms with Crippen molar-refractivity contribution in [2.75, 3.05) is 25.0 Å². The van der Waals surface area contributed by atoms with Crippen LogP contribution in [0.4, 0.5) is 15.3 Å². The maximum absolute atomic E-state index is 13.9. The van der Waals surface area contributed by atoms with Crippen molar-refractivity contribution in [2.45, 2.75) is 110 Å². The van der Waals surface area contributed by atoms with Crippen molar-refractivity contribution >= 4 is 47.2 Å². The van der Waals surface area contributed by atoms with Crippen molar-refractivity contribution < 1.29 is 33.4 Å². The molecule has 2 aliphatic rings. The number of benzene rings is 3. The number of aromatic nitrogens is 3. The van der Waals surface area contributed by atoms with E-state index < -0.39 is 23.3 Å². The Morgan fingerprint density at radius 3 is 2.14 bits per heavy atom. The monoisotopic (exact) mass is 882 g/mol. The van der Waals surface area contributed by atoms with E-state index in [4.69, 9.17) is 21.1 Å². The SMILES string of the molecule is Cc1cc(C(=O)N[C@@H]2CCN(C(=O)OC(C)(C)C)C2)ccc1-c1ccc(C[C@H](NC(=O)C2CCC(CNC(=O)OC(C)(C)C)CC2)C(=O)Nc2ccc(-c3n[nH]c(Cl)n3)cc2)cc1. The zero-order valence-corrected chi connectivity index (χ0v) is 37.9. The smallest absolute Gasteiger partial charge is 0.410 e. The van der Waals surface area contributed by atoms with E-state index in [2.05, 4.69) is 36.4 Å². The van der Waals surface area contributed by atoms with E-state index in [0.29, 0.717) is 61.5 Å². The summed E-state index contributed by atoms with van der Waals surface area (Å²) in [4.78, 5) is 71.4. The quantitative estimate of drug-likeness (QED) is 0.0942. The predicted octanol–water partition coefficient (Wildman–Crippen LogP) is 7.84. The lowest BCUT2D eigenvalue weighted by atomic mass is 9.81. The average molecular weight is 883 g/mol. The number of anilines is 1. The molecule has 336 valence electrons. The van der Waals surface area contributed by atoms with Gasteiger partial charge in [0.2, 0.25) is 17.1 Å². The molecule has 0 radical (unpaired) electrons. The van der Waals surface area contributed by atoms with E-state index in [1.54, 1.807) is 35.2 Å². The molecule has 63 heavy (non-hydrogen) atoms. The van der Waals surface area contributed by atoms with Crippen molar-refractivity contribution in [3.05, 3.63) is 88.7 Å². The first-order chi connectivity index (χ1) is 29.8. The van der Waals surface area contributed by atoms with E-state index in [1.807, 2.05) is 84.9 Å². The lowest BCUT2D eigenvalue weighted by Crippen LogP contribution is -2.48. The minimum atomic E-state index is -0.878. The van der Waals surface area contributed by atoms with Gasteiger partial charge < -0.3 is 35.6 Å². The second kappa shape index (κ2) is 20.0. The summed E-state index contributed by atoms with van der Waals surface area (Å²) in [7, 11) is 0. The molecule has 4 aromatic rings. The summed E-state index contributed by atoms with van der Waals surface area (Å²) in [6, 6.07) is 19.4. The van der Waals surface area contributed by atoms with Gasteiger partial charge in [0, 0.05) is 54.8 Å². The summed E-state index contributed by atoms with van der Waals surface area (Å²) in [5.41, 5.74) is 4.24. The number of H-pyrrole nitrogens is 1. The maximum Gasteiger partial charge on any atom is 0.410 e. The molecular formula is C47H59ClN8O7. The summed E-state index contributed by atoms with van der Waals surface area (Å²) in [5, 5.41) is 18.8. The van der Waals surface area contributed by atoms with Crippen LogP contribution >= 0.6 is 11.6 Å². The number of likely N-dealkylation sites (tertiary alicyclic amines) is 1. The fraction of sp³-hybridized carbons (Fsp3) is 0.468. The van der Waals surface area contributed by atoms with E-state index in [0.717, 1.165) is 35.1 Å². The van der Waals surface area contributed by atoms with Crippen LogP contribution < -0.4 is 21.3 Å².